The van der Waals surface area contributed by atoms with Crippen LogP contribution in [0.25, 0.3) is 27.6 Å². The molecule has 1 amide bonds. The first kappa shape index (κ1) is 17.7. The van der Waals surface area contributed by atoms with Crippen LogP contribution in [0.1, 0.15) is 21.7 Å². The van der Waals surface area contributed by atoms with Gasteiger partial charge in [-0.25, -0.2) is 20.2 Å². The molecule has 0 fully saturated rings. The van der Waals surface area contributed by atoms with Gasteiger partial charge in [0.1, 0.15) is 0 Å². The fourth-order valence-electron chi connectivity index (χ4n) is 3.34. The Kier molecular flexibility index (Phi) is 4.10. The lowest BCUT2D eigenvalue weighted by atomic mass is 10.1. The molecule has 4 heterocycles. The van der Waals surface area contributed by atoms with Crippen molar-refractivity contribution in [1.29, 1.82) is 0 Å². The molecule has 0 saturated heterocycles. The maximum atomic E-state index is 12.6. The highest BCUT2D eigenvalue weighted by atomic mass is 16.4. The van der Waals surface area contributed by atoms with Crippen LogP contribution in [0.4, 0.5) is 0 Å². The van der Waals surface area contributed by atoms with Crippen LogP contribution in [0.2, 0.25) is 0 Å². The van der Waals surface area contributed by atoms with Crippen molar-refractivity contribution in [2.24, 2.45) is 5.10 Å². The number of fused-ring (bicyclic) bond motifs is 4. The minimum atomic E-state index is -0.448. The van der Waals surface area contributed by atoms with E-state index in [0.717, 1.165) is 11.1 Å². The zero-order valence-corrected chi connectivity index (χ0v) is 15.9. The second-order valence-electron chi connectivity index (χ2n) is 6.76. The van der Waals surface area contributed by atoms with Gasteiger partial charge in [-0.2, -0.15) is 5.10 Å². The van der Waals surface area contributed by atoms with Gasteiger partial charge in [-0.05, 0) is 55.5 Å². The molecule has 0 spiro atoms. The van der Waals surface area contributed by atoms with Gasteiger partial charge >= 0.3 is 5.63 Å². The van der Waals surface area contributed by atoms with Gasteiger partial charge in [0, 0.05) is 28.9 Å². The first-order valence-corrected chi connectivity index (χ1v) is 9.20. The van der Waals surface area contributed by atoms with Crippen molar-refractivity contribution in [1.82, 2.24) is 19.8 Å². The zero-order valence-electron chi connectivity index (χ0n) is 15.9. The molecule has 0 atom stereocenters. The van der Waals surface area contributed by atoms with Crippen molar-refractivity contribution in [2.75, 3.05) is 0 Å². The molecular formula is C22H15N5O3. The van der Waals surface area contributed by atoms with Gasteiger partial charge in [-0.3, -0.25) is 9.20 Å². The third kappa shape index (κ3) is 3.00. The molecule has 0 aliphatic heterocycles. The largest absolute Gasteiger partial charge is 0.405 e. The molecule has 4 aromatic heterocycles. The molecular weight excluding hydrogens is 382 g/mol. The van der Waals surface area contributed by atoms with E-state index in [2.05, 4.69) is 20.5 Å². The summed E-state index contributed by atoms with van der Waals surface area (Å²) < 4.78 is 7.11. The summed E-state index contributed by atoms with van der Waals surface area (Å²) in [6, 6.07) is 15.8. The summed E-state index contributed by atoms with van der Waals surface area (Å²) >= 11 is 0. The quantitative estimate of drug-likeness (QED) is 0.372. The summed E-state index contributed by atoms with van der Waals surface area (Å²) in [7, 11) is 0. The summed E-state index contributed by atoms with van der Waals surface area (Å²) in [6.07, 6.45) is 3.12. The molecule has 0 unspecified atom stereocenters. The summed E-state index contributed by atoms with van der Waals surface area (Å²) in [4.78, 5) is 33.3. The van der Waals surface area contributed by atoms with E-state index in [9.17, 15) is 9.59 Å². The van der Waals surface area contributed by atoms with Crippen LogP contribution in [0, 0.1) is 6.92 Å². The fourth-order valence-corrected chi connectivity index (χ4v) is 3.34. The lowest BCUT2D eigenvalue weighted by Gasteiger charge is -2.06. The molecule has 0 radical (unpaired) electrons. The number of carbonyl (C=O) groups is 1. The highest BCUT2D eigenvalue weighted by Gasteiger charge is 2.12. The standard InChI is InChI=1S/C22H15N5O3/c1-13-4-9-19-27(13)18-11-15(6-8-17(18)22(29)30-19)21(28)26-24-12-16-7-5-14-3-2-10-23-20(14)25-16/h2-12H,1H3,(H,26,28). The second kappa shape index (κ2) is 6.93. The number of hydrogen-bond acceptors (Lipinski definition) is 6. The smallest absolute Gasteiger partial charge is 0.346 e. The number of benzene rings is 1. The molecule has 0 bridgehead atoms. The van der Waals surface area contributed by atoms with Gasteiger partial charge in [0.15, 0.2) is 5.65 Å². The predicted octanol–water partition coefficient (Wildman–Crippen LogP) is 3.06. The number of hydrazone groups is 1. The third-order valence-electron chi connectivity index (χ3n) is 4.81. The molecule has 8 nitrogen and oxygen atoms in total. The minimum absolute atomic E-state index is 0.368. The van der Waals surface area contributed by atoms with Gasteiger partial charge in [0.05, 0.1) is 22.8 Å². The van der Waals surface area contributed by atoms with E-state index in [1.54, 1.807) is 40.9 Å². The van der Waals surface area contributed by atoms with E-state index in [4.69, 9.17) is 4.42 Å². The van der Waals surface area contributed by atoms with Crippen molar-refractivity contribution in [3.63, 3.8) is 0 Å². The average Bonchev–Trinajstić information content (AvgIpc) is 3.13. The van der Waals surface area contributed by atoms with Gasteiger partial charge < -0.3 is 4.42 Å². The van der Waals surface area contributed by atoms with Crippen LogP contribution in [-0.2, 0) is 0 Å². The van der Waals surface area contributed by atoms with E-state index >= 15 is 0 Å². The molecule has 0 aliphatic rings. The number of pyridine rings is 2. The summed E-state index contributed by atoms with van der Waals surface area (Å²) in [5.74, 6) is -0.404. The number of amides is 1. The average molecular weight is 397 g/mol. The fraction of sp³-hybridized carbons (Fsp3) is 0.0455. The summed E-state index contributed by atoms with van der Waals surface area (Å²) in [5, 5.41) is 5.31. The summed E-state index contributed by atoms with van der Waals surface area (Å²) in [6.45, 7) is 1.90. The van der Waals surface area contributed by atoms with Crippen LogP contribution in [0.15, 0.2) is 75.1 Å². The Morgan fingerprint density at radius 1 is 1.17 bits per heavy atom. The van der Waals surface area contributed by atoms with E-state index in [1.807, 2.05) is 31.2 Å². The van der Waals surface area contributed by atoms with Gasteiger partial charge in [-0.1, -0.05) is 0 Å². The SMILES string of the molecule is Cc1ccc2oc(=O)c3ccc(C(=O)NN=Cc4ccc5cccnc5n4)cc3n12. The molecule has 30 heavy (non-hydrogen) atoms. The Labute approximate surface area is 169 Å². The lowest BCUT2D eigenvalue weighted by molar-refractivity contribution is 0.0955. The van der Waals surface area contributed by atoms with Crippen LogP contribution >= 0.6 is 0 Å². The molecule has 8 heteroatoms. The molecule has 1 aromatic carbocycles. The van der Waals surface area contributed by atoms with E-state index < -0.39 is 11.5 Å². The highest BCUT2D eigenvalue weighted by Crippen LogP contribution is 2.18. The van der Waals surface area contributed by atoms with Crippen LogP contribution in [-0.4, -0.2) is 26.5 Å². The molecule has 0 aliphatic carbocycles. The van der Waals surface area contributed by atoms with Crippen molar-refractivity contribution in [2.45, 2.75) is 6.92 Å². The number of hydrogen-bond donors (Lipinski definition) is 1. The van der Waals surface area contributed by atoms with Gasteiger partial charge in [-0.15, -0.1) is 0 Å². The first-order chi connectivity index (χ1) is 14.6. The lowest BCUT2D eigenvalue weighted by Crippen LogP contribution is -2.18. The van der Waals surface area contributed by atoms with Crippen molar-refractivity contribution >= 4 is 39.8 Å². The number of aromatic nitrogens is 3. The topological polar surface area (TPSA) is 102 Å². The number of nitrogens with zero attached hydrogens (tertiary/aromatic N) is 4. The number of rotatable bonds is 3. The first-order valence-electron chi connectivity index (χ1n) is 9.20. The monoisotopic (exact) mass is 397 g/mol. The van der Waals surface area contributed by atoms with Gasteiger partial charge in [0.25, 0.3) is 5.91 Å². The Morgan fingerprint density at radius 2 is 2.07 bits per heavy atom. The Bertz CT molecular complexity index is 1530. The Morgan fingerprint density at radius 3 is 2.97 bits per heavy atom. The Hall–Kier alpha value is -4.33. The number of nitrogens with one attached hydrogen (secondary N) is 1. The van der Waals surface area contributed by atoms with Crippen molar-refractivity contribution in [3.8, 4) is 0 Å². The molecule has 1 N–H and O–H groups in total. The molecule has 5 aromatic rings. The highest BCUT2D eigenvalue weighted by molar-refractivity contribution is 5.98. The van der Waals surface area contributed by atoms with E-state index in [0.29, 0.717) is 33.5 Å². The van der Waals surface area contributed by atoms with E-state index in [-0.39, 0.29) is 0 Å². The van der Waals surface area contributed by atoms with Crippen LogP contribution < -0.4 is 11.1 Å². The van der Waals surface area contributed by atoms with Crippen LogP contribution in [0.5, 0.6) is 0 Å². The van der Waals surface area contributed by atoms with Gasteiger partial charge in [0.2, 0.25) is 5.71 Å². The van der Waals surface area contributed by atoms with Crippen LogP contribution in [0.3, 0.4) is 0 Å². The number of carbonyl (C=O) groups excluding carboxylic acids is 1. The number of aryl methyl sites for hydroxylation is 1. The normalized spacial score (nSPS) is 11.6. The molecule has 146 valence electrons. The minimum Gasteiger partial charge on any atom is -0.405 e. The third-order valence-corrected chi connectivity index (χ3v) is 4.81. The maximum absolute atomic E-state index is 12.6. The predicted molar refractivity (Wildman–Crippen MR) is 113 cm³/mol. The van der Waals surface area contributed by atoms with Crippen molar-refractivity contribution < 1.29 is 9.21 Å². The summed E-state index contributed by atoms with van der Waals surface area (Å²) in [5.41, 5.74) is 5.51. The second-order valence-corrected chi connectivity index (χ2v) is 6.76. The van der Waals surface area contributed by atoms with Crippen molar-refractivity contribution in [3.05, 3.63) is 88.2 Å². The Balaban J connectivity index is 1.44. The van der Waals surface area contributed by atoms with E-state index in [1.165, 1.54) is 6.21 Å². The maximum Gasteiger partial charge on any atom is 0.346 e. The molecule has 5 rings (SSSR count). The molecule has 0 saturated carbocycles. The zero-order chi connectivity index (χ0) is 20.7.